The summed E-state index contributed by atoms with van der Waals surface area (Å²) in [6.45, 7) is 4.20. The Morgan fingerprint density at radius 1 is 1.50 bits per heavy atom. The average molecular weight is 321 g/mol. The smallest absolute Gasteiger partial charge is 0.352 e. The molecule has 22 heavy (non-hydrogen) atoms. The predicted molar refractivity (Wildman–Crippen MR) is 79.6 cm³/mol. The van der Waals surface area contributed by atoms with Crippen LogP contribution in [0.1, 0.15) is 11.4 Å². The van der Waals surface area contributed by atoms with Gasteiger partial charge in [-0.05, 0) is 13.8 Å². The van der Waals surface area contributed by atoms with Gasteiger partial charge >= 0.3 is 5.97 Å². The summed E-state index contributed by atoms with van der Waals surface area (Å²) in [5, 5.41) is 9.24. The van der Waals surface area contributed by atoms with E-state index in [9.17, 15) is 14.7 Å². The van der Waals surface area contributed by atoms with Gasteiger partial charge in [0.2, 0.25) is 5.91 Å². The van der Waals surface area contributed by atoms with Gasteiger partial charge in [0.1, 0.15) is 28.5 Å². The maximum Gasteiger partial charge on any atom is 0.352 e. The largest absolute Gasteiger partial charge is 0.477 e. The first-order valence-electron chi connectivity index (χ1n) is 6.88. The Balaban J connectivity index is 1.96. The fourth-order valence-corrected chi connectivity index (χ4v) is 4.15. The minimum absolute atomic E-state index is 0.0788. The monoisotopic (exact) mass is 321 g/mol. The molecule has 0 saturated carbocycles. The number of nitrogens with two attached hydrogens (primary N) is 1. The molecular weight excluding hydrogens is 304 g/mol. The van der Waals surface area contributed by atoms with Crippen molar-refractivity contribution >= 4 is 23.6 Å². The van der Waals surface area contributed by atoms with Crippen LogP contribution in [0.25, 0.3) is 0 Å². The highest BCUT2D eigenvalue weighted by molar-refractivity contribution is 8.00. The van der Waals surface area contributed by atoms with Crippen LogP contribution < -0.4 is 10.3 Å². The van der Waals surface area contributed by atoms with Crippen LogP contribution in [0.3, 0.4) is 0 Å². The van der Waals surface area contributed by atoms with Gasteiger partial charge in [-0.3, -0.25) is 9.69 Å². The molecule has 116 valence electrons. The normalized spacial score (nSPS) is 24.1. The Morgan fingerprint density at radius 2 is 2.14 bits per heavy atom. The molecule has 0 spiro atoms. The van der Waals surface area contributed by atoms with Gasteiger partial charge in [-0.15, -0.1) is 11.8 Å². The van der Waals surface area contributed by atoms with Crippen molar-refractivity contribution in [1.29, 1.82) is 0 Å². The third kappa shape index (κ3) is 2.38. The number of carbonyl (C=O) groups excluding carboxylic acids is 1. The number of aryl methyl sites for hydroxylation is 2. The third-order valence-corrected chi connectivity index (χ3v) is 5.08. The van der Waals surface area contributed by atoms with Gasteiger partial charge in [0.05, 0.1) is 0 Å². The lowest BCUT2D eigenvalue weighted by molar-refractivity contribution is -0.690. The molecule has 0 aromatic carbocycles. The van der Waals surface area contributed by atoms with E-state index in [4.69, 9.17) is 5.73 Å². The number of hydrogen-bond acceptors (Lipinski definition) is 5. The van der Waals surface area contributed by atoms with Crippen LogP contribution in [-0.4, -0.2) is 44.0 Å². The predicted octanol–water partition coefficient (Wildman–Crippen LogP) is -0.433. The van der Waals surface area contributed by atoms with E-state index >= 15 is 0 Å². The number of rotatable bonds is 3. The molecule has 2 aliphatic heterocycles. The van der Waals surface area contributed by atoms with E-state index in [-0.39, 0.29) is 17.0 Å². The number of β-lactam (4-membered cyclic amide) rings is 1. The molecule has 3 rings (SSSR count). The van der Waals surface area contributed by atoms with E-state index in [0.717, 1.165) is 11.4 Å². The molecule has 2 atom stereocenters. The van der Waals surface area contributed by atoms with Crippen molar-refractivity contribution in [3.8, 4) is 0 Å². The standard InChI is InChI=1S/C14H16N4O3S/c1-7-3-17(4-8(2)16-7)5-9-6-22-13-10(15)12(19)18(13)11(9)14(20)21/h3-4,10,13H,5-6,15H2,1-2H3/p+1/t10?,13-/m1/s1. The van der Waals surface area contributed by atoms with Crippen LogP contribution in [-0.2, 0) is 16.1 Å². The van der Waals surface area contributed by atoms with Gasteiger partial charge in [0.15, 0.2) is 18.9 Å². The van der Waals surface area contributed by atoms with E-state index in [0.29, 0.717) is 17.9 Å². The molecule has 1 aromatic heterocycles. The summed E-state index contributed by atoms with van der Waals surface area (Å²) < 4.78 is 1.90. The van der Waals surface area contributed by atoms with Crippen LogP contribution in [0.15, 0.2) is 23.7 Å². The number of aromatic nitrogens is 2. The molecule has 2 aliphatic rings. The average Bonchev–Trinajstić information content (AvgIpc) is 2.44. The van der Waals surface area contributed by atoms with Crippen molar-refractivity contribution < 1.29 is 19.3 Å². The molecule has 0 bridgehead atoms. The molecule has 8 heteroatoms. The molecule has 1 aromatic rings. The quantitative estimate of drug-likeness (QED) is 0.579. The second-order valence-electron chi connectivity index (χ2n) is 5.52. The molecule has 1 unspecified atom stereocenters. The summed E-state index contributed by atoms with van der Waals surface area (Å²) in [5.74, 6) is -0.847. The number of aliphatic carboxylic acids is 1. The molecule has 7 nitrogen and oxygen atoms in total. The van der Waals surface area contributed by atoms with Crippen LogP contribution >= 0.6 is 11.8 Å². The lowest BCUT2D eigenvalue weighted by Gasteiger charge is -2.47. The number of carbonyl (C=O) groups is 2. The summed E-state index contributed by atoms with van der Waals surface area (Å²) >= 11 is 1.51. The Hall–Kier alpha value is -1.93. The molecule has 1 saturated heterocycles. The third-order valence-electron chi connectivity index (χ3n) is 3.72. The maximum atomic E-state index is 11.9. The van der Waals surface area contributed by atoms with Crippen molar-refractivity contribution in [2.45, 2.75) is 31.8 Å². The number of fused-ring (bicyclic) bond motifs is 1. The summed E-state index contributed by atoms with van der Waals surface area (Å²) in [4.78, 5) is 29.1. The molecular formula is C14H17N4O3S+. The lowest BCUT2D eigenvalue weighted by Crippen LogP contribution is -2.68. The van der Waals surface area contributed by atoms with Crippen LogP contribution in [0.4, 0.5) is 0 Å². The summed E-state index contributed by atoms with van der Waals surface area (Å²) in [6.07, 6.45) is 3.72. The van der Waals surface area contributed by atoms with E-state index in [2.05, 4.69) is 4.98 Å². The zero-order valence-electron chi connectivity index (χ0n) is 12.3. The molecule has 1 amide bonds. The molecule has 3 N–H and O–H groups in total. The zero-order valence-corrected chi connectivity index (χ0v) is 13.1. The van der Waals surface area contributed by atoms with Crippen molar-refractivity contribution in [1.82, 2.24) is 9.88 Å². The first-order chi connectivity index (χ1) is 10.4. The fraction of sp³-hybridized carbons (Fsp3) is 0.429. The SMILES string of the molecule is Cc1c[n+](CC2=C(C(=O)O)N3C(=O)C(N)[C@H]3SC2)cc(C)n1. The van der Waals surface area contributed by atoms with Gasteiger partial charge in [-0.2, -0.15) is 4.57 Å². The van der Waals surface area contributed by atoms with Gasteiger partial charge in [0, 0.05) is 11.3 Å². The summed E-state index contributed by atoms with van der Waals surface area (Å²) in [7, 11) is 0. The Bertz CT molecular complexity index is 683. The molecule has 0 radical (unpaired) electrons. The highest BCUT2D eigenvalue weighted by Crippen LogP contribution is 2.39. The van der Waals surface area contributed by atoms with Gasteiger partial charge in [0.25, 0.3) is 0 Å². The van der Waals surface area contributed by atoms with Crippen molar-refractivity contribution in [3.63, 3.8) is 0 Å². The maximum absolute atomic E-state index is 11.9. The number of carboxylic acids is 1. The number of thioether (sulfide) groups is 1. The highest BCUT2D eigenvalue weighted by Gasteiger charge is 2.52. The second-order valence-corrected chi connectivity index (χ2v) is 6.62. The van der Waals surface area contributed by atoms with Crippen molar-refractivity contribution in [2.24, 2.45) is 5.73 Å². The van der Waals surface area contributed by atoms with Crippen LogP contribution in [0, 0.1) is 13.8 Å². The Morgan fingerprint density at radius 3 is 2.73 bits per heavy atom. The van der Waals surface area contributed by atoms with Gasteiger partial charge in [-0.1, -0.05) is 0 Å². The summed E-state index contributed by atoms with van der Waals surface area (Å²) in [5.41, 5.74) is 8.25. The zero-order chi connectivity index (χ0) is 16.0. The first kappa shape index (κ1) is 15.0. The van der Waals surface area contributed by atoms with Crippen LogP contribution in [0.5, 0.6) is 0 Å². The minimum Gasteiger partial charge on any atom is -0.477 e. The minimum atomic E-state index is -1.08. The Kier molecular flexibility index (Phi) is 3.65. The molecule has 0 aliphatic carbocycles. The van der Waals surface area contributed by atoms with Gasteiger partial charge < -0.3 is 10.8 Å². The number of nitrogens with zero attached hydrogens (tertiary/aromatic N) is 3. The van der Waals surface area contributed by atoms with Crippen LogP contribution in [0.2, 0.25) is 0 Å². The molecule has 3 heterocycles. The number of amides is 1. The van der Waals surface area contributed by atoms with Gasteiger partial charge in [-0.25, -0.2) is 9.78 Å². The van der Waals surface area contributed by atoms with E-state index in [1.807, 2.05) is 30.8 Å². The Labute approximate surface area is 131 Å². The lowest BCUT2D eigenvalue weighted by atomic mass is 10.0. The van der Waals surface area contributed by atoms with E-state index in [1.54, 1.807) is 0 Å². The first-order valence-corrected chi connectivity index (χ1v) is 7.93. The topological polar surface area (TPSA) is 100 Å². The van der Waals surface area contributed by atoms with E-state index in [1.165, 1.54) is 16.7 Å². The van der Waals surface area contributed by atoms with E-state index < -0.39 is 12.0 Å². The van der Waals surface area contributed by atoms with Crippen molar-refractivity contribution in [2.75, 3.05) is 5.75 Å². The molecule has 1 fully saturated rings. The number of carboxylic acid groups (broad SMARTS) is 1. The fourth-order valence-electron chi connectivity index (χ4n) is 2.87. The summed E-state index contributed by atoms with van der Waals surface area (Å²) in [6, 6.07) is -0.598. The number of hydrogen-bond donors (Lipinski definition) is 2. The second kappa shape index (κ2) is 5.36. The van der Waals surface area contributed by atoms with Crippen molar-refractivity contribution in [3.05, 3.63) is 35.1 Å². The highest BCUT2D eigenvalue weighted by atomic mass is 32.2.